The molecule has 0 unspecified atom stereocenters. The van der Waals surface area contributed by atoms with Gasteiger partial charge in [0.25, 0.3) is 0 Å². The minimum Gasteiger partial charge on any atom is -0.343 e. The molecule has 0 aliphatic rings. The summed E-state index contributed by atoms with van der Waals surface area (Å²) in [5.74, 6) is 0.284. The number of rotatable bonds is 6. The van der Waals surface area contributed by atoms with E-state index >= 15 is 0 Å². The van der Waals surface area contributed by atoms with Crippen LogP contribution in [0.4, 0.5) is 0 Å². The smallest absolute Gasteiger partial charge is 0.232 e. The van der Waals surface area contributed by atoms with Gasteiger partial charge in [0.15, 0.2) is 9.84 Å². The van der Waals surface area contributed by atoms with Crippen LogP contribution in [0.25, 0.3) is 0 Å². The summed E-state index contributed by atoms with van der Waals surface area (Å²) in [6.45, 7) is 5.19. The molecule has 106 valence electrons. The Morgan fingerprint density at radius 2 is 1.79 bits per heavy atom. The molecule has 0 bridgehead atoms. The monoisotopic (exact) mass is 301 g/mol. The van der Waals surface area contributed by atoms with E-state index in [1.807, 2.05) is 13.8 Å². The molecule has 0 fully saturated rings. The lowest BCUT2D eigenvalue weighted by Gasteiger charge is -2.18. The van der Waals surface area contributed by atoms with Gasteiger partial charge >= 0.3 is 0 Å². The van der Waals surface area contributed by atoms with Gasteiger partial charge in [-0.2, -0.15) is 0 Å². The summed E-state index contributed by atoms with van der Waals surface area (Å²) in [6.07, 6.45) is 1.18. The van der Waals surface area contributed by atoms with E-state index in [2.05, 4.69) is 0 Å². The number of carbonyl (C=O) groups excluding carboxylic acids is 1. The van der Waals surface area contributed by atoms with Gasteiger partial charge in [-0.25, -0.2) is 8.42 Å². The van der Waals surface area contributed by atoms with Gasteiger partial charge in [-0.1, -0.05) is 12.1 Å². The van der Waals surface area contributed by atoms with Crippen molar-refractivity contribution < 1.29 is 13.2 Å². The standard InChI is InChI=1S/C13H19NO3S2/c1-4-14(5-2)13(15)10-18-11-8-6-7-9-12(11)19(3,16)17/h6-9H,4-5,10H2,1-3H3. The number of benzene rings is 1. The van der Waals surface area contributed by atoms with E-state index < -0.39 is 9.84 Å². The van der Waals surface area contributed by atoms with Crippen molar-refractivity contribution in [2.24, 2.45) is 0 Å². The summed E-state index contributed by atoms with van der Waals surface area (Å²) >= 11 is 1.27. The fourth-order valence-electron chi connectivity index (χ4n) is 1.68. The Balaban J connectivity index is 2.82. The zero-order chi connectivity index (χ0) is 14.5. The Morgan fingerprint density at radius 3 is 2.32 bits per heavy atom. The molecule has 0 atom stereocenters. The zero-order valence-corrected chi connectivity index (χ0v) is 13.1. The number of thioether (sulfide) groups is 1. The Hall–Kier alpha value is -1.01. The highest BCUT2D eigenvalue weighted by atomic mass is 32.2. The molecule has 19 heavy (non-hydrogen) atoms. The molecular formula is C13H19NO3S2. The number of nitrogens with zero attached hydrogens (tertiary/aromatic N) is 1. The third-order valence-corrected chi connectivity index (χ3v) is 5.06. The van der Waals surface area contributed by atoms with Gasteiger partial charge in [-0.05, 0) is 26.0 Å². The van der Waals surface area contributed by atoms with Crippen molar-refractivity contribution in [1.82, 2.24) is 4.90 Å². The second-order valence-electron chi connectivity index (χ2n) is 4.07. The summed E-state index contributed by atoms with van der Waals surface area (Å²) in [7, 11) is -3.26. The quantitative estimate of drug-likeness (QED) is 0.755. The molecule has 1 aromatic carbocycles. The predicted octanol–water partition coefficient (Wildman–Crippen LogP) is 2.05. The highest BCUT2D eigenvalue weighted by molar-refractivity contribution is 8.00. The van der Waals surface area contributed by atoms with E-state index in [-0.39, 0.29) is 16.6 Å². The van der Waals surface area contributed by atoms with Crippen molar-refractivity contribution in [1.29, 1.82) is 0 Å². The fraction of sp³-hybridized carbons (Fsp3) is 0.462. The Bertz CT molecular complexity index is 537. The first kappa shape index (κ1) is 16.0. The maximum absolute atomic E-state index is 11.9. The second kappa shape index (κ2) is 6.96. The van der Waals surface area contributed by atoms with Gasteiger partial charge in [0.05, 0.1) is 10.6 Å². The Morgan fingerprint density at radius 1 is 1.21 bits per heavy atom. The largest absolute Gasteiger partial charge is 0.343 e. The van der Waals surface area contributed by atoms with Crippen molar-refractivity contribution in [2.45, 2.75) is 23.6 Å². The second-order valence-corrected chi connectivity index (χ2v) is 7.07. The molecule has 1 aromatic rings. The van der Waals surface area contributed by atoms with Crippen molar-refractivity contribution in [3.8, 4) is 0 Å². The first-order valence-corrected chi connectivity index (χ1v) is 8.97. The lowest BCUT2D eigenvalue weighted by atomic mass is 10.4. The zero-order valence-electron chi connectivity index (χ0n) is 11.4. The molecular weight excluding hydrogens is 282 g/mol. The normalized spacial score (nSPS) is 11.3. The van der Waals surface area contributed by atoms with Crippen LogP contribution in [-0.2, 0) is 14.6 Å². The molecule has 0 saturated heterocycles. The first-order chi connectivity index (χ1) is 8.90. The summed E-state index contributed by atoms with van der Waals surface area (Å²) in [5, 5.41) is 0. The van der Waals surface area contributed by atoms with Gasteiger partial charge in [-0.15, -0.1) is 11.8 Å². The van der Waals surface area contributed by atoms with Crippen LogP contribution in [0.5, 0.6) is 0 Å². The van der Waals surface area contributed by atoms with E-state index in [1.165, 1.54) is 18.0 Å². The third kappa shape index (κ3) is 4.54. The molecule has 6 heteroatoms. The van der Waals surface area contributed by atoms with Gasteiger partial charge in [0, 0.05) is 24.2 Å². The average Bonchev–Trinajstić information content (AvgIpc) is 2.37. The van der Waals surface area contributed by atoms with Crippen molar-refractivity contribution in [3.63, 3.8) is 0 Å². The molecule has 4 nitrogen and oxygen atoms in total. The maximum Gasteiger partial charge on any atom is 0.232 e. The lowest BCUT2D eigenvalue weighted by Crippen LogP contribution is -2.31. The number of hydrogen-bond acceptors (Lipinski definition) is 4. The van der Waals surface area contributed by atoms with Gasteiger partial charge < -0.3 is 4.90 Å². The highest BCUT2D eigenvalue weighted by Crippen LogP contribution is 2.26. The molecule has 0 N–H and O–H groups in total. The van der Waals surface area contributed by atoms with Crippen LogP contribution in [0.3, 0.4) is 0 Å². The summed E-state index contributed by atoms with van der Waals surface area (Å²) in [4.78, 5) is 14.5. The summed E-state index contributed by atoms with van der Waals surface area (Å²) < 4.78 is 23.3. The van der Waals surface area contributed by atoms with Crippen LogP contribution in [0.1, 0.15) is 13.8 Å². The summed E-state index contributed by atoms with van der Waals surface area (Å²) in [5.41, 5.74) is 0. The van der Waals surface area contributed by atoms with Gasteiger partial charge in [0.1, 0.15) is 0 Å². The topological polar surface area (TPSA) is 54.5 Å². The van der Waals surface area contributed by atoms with E-state index in [9.17, 15) is 13.2 Å². The van der Waals surface area contributed by atoms with Crippen LogP contribution < -0.4 is 0 Å². The van der Waals surface area contributed by atoms with Crippen LogP contribution in [0, 0.1) is 0 Å². The van der Waals surface area contributed by atoms with Crippen molar-refractivity contribution in [3.05, 3.63) is 24.3 Å². The predicted molar refractivity (Wildman–Crippen MR) is 78.2 cm³/mol. The van der Waals surface area contributed by atoms with Crippen molar-refractivity contribution in [2.75, 3.05) is 25.1 Å². The highest BCUT2D eigenvalue weighted by Gasteiger charge is 2.15. The minimum absolute atomic E-state index is 0.0262. The molecule has 1 amide bonds. The van der Waals surface area contributed by atoms with Crippen LogP contribution >= 0.6 is 11.8 Å². The van der Waals surface area contributed by atoms with Crippen LogP contribution in [-0.4, -0.2) is 44.3 Å². The summed E-state index contributed by atoms with van der Waals surface area (Å²) in [6, 6.07) is 6.77. The number of amides is 1. The van der Waals surface area contributed by atoms with E-state index in [0.717, 1.165) is 0 Å². The van der Waals surface area contributed by atoms with Crippen LogP contribution in [0.2, 0.25) is 0 Å². The van der Waals surface area contributed by atoms with E-state index in [1.54, 1.807) is 29.2 Å². The molecule has 0 spiro atoms. The molecule has 1 rings (SSSR count). The fourth-order valence-corrected chi connectivity index (χ4v) is 3.92. The number of hydrogen-bond donors (Lipinski definition) is 0. The average molecular weight is 301 g/mol. The minimum atomic E-state index is -3.26. The molecule has 0 saturated carbocycles. The van der Waals surface area contributed by atoms with E-state index in [0.29, 0.717) is 18.0 Å². The molecule has 0 aliphatic carbocycles. The Labute approximate surface area is 119 Å². The van der Waals surface area contributed by atoms with Gasteiger partial charge in [-0.3, -0.25) is 4.79 Å². The first-order valence-electron chi connectivity index (χ1n) is 6.09. The maximum atomic E-state index is 11.9. The number of sulfone groups is 1. The third-order valence-electron chi connectivity index (χ3n) is 2.72. The molecule has 0 aromatic heterocycles. The number of carbonyl (C=O) groups is 1. The molecule has 0 aliphatic heterocycles. The van der Waals surface area contributed by atoms with Crippen molar-refractivity contribution >= 4 is 27.5 Å². The Kier molecular flexibility index (Phi) is 5.87. The molecule has 0 radical (unpaired) electrons. The van der Waals surface area contributed by atoms with Crippen LogP contribution in [0.15, 0.2) is 34.1 Å². The lowest BCUT2D eigenvalue weighted by molar-refractivity contribution is -0.127. The molecule has 0 heterocycles. The van der Waals surface area contributed by atoms with Gasteiger partial charge in [0.2, 0.25) is 5.91 Å². The van der Waals surface area contributed by atoms with E-state index in [4.69, 9.17) is 0 Å². The SMILES string of the molecule is CCN(CC)C(=O)CSc1ccccc1S(C)(=O)=O.